The minimum absolute atomic E-state index is 0.102. The summed E-state index contributed by atoms with van der Waals surface area (Å²) >= 11 is 6.22. The summed E-state index contributed by atoms with van der Waals surface area (Å²) in [5.74, 6) is -0.957. The van der Waals surface area contributed by atoms with E-state index in [0.717, 1.165) is 16.0 Å². The first-order chi connectivity index (χ1) is 15.4. The Balaban J connectivity index is 1.78. The Hall–Kier alpha value is -3.97. The summed E-state index contributed by atoms with van der Waals surface area (Å²) in [5, 5.41) is 14.6. The number of amides is 2. The molecule has 0 radical (unpaired) electrons. The first-order valence-electron chi connectivity index (χ1n) is 9.78. The van der Waals surface area contributed by atoms with Gasteiger partial charge in [-0.25, -0.2) is 0 Å². The highest BCUT2D eigenvalue weighted by Gasteiger charge is 2.39. The van der Waals surface area contributed by atoms with E-state index in [1.54, 1.807) is 25.1 Å². The van der Waals surface area contributed by atoms with E-state index in [0.29, 0.717) is 16.3 Å². The summed E-state index contributed by atoms with van der Waals surface area (Å²) in [4.78, 5) is 38.3. The van der Waals surface area contributed by atoms with Gasteiger partial charge in [0.1, 0.15) is 5.70 Å². The van der Waals surface area contributed by atoms with E-state index in [2.05, 4.69) is 5.32 Å². The van der Waals surface area contributed by atoms with Crippen molar-refractivity contribution in [3.05, 3.63) is 110 Å². The molecule has 1 aliphatic rings. The van der Waals surface area contributed by atoms with Crippen LogP contribution in [0.4, 0.5) is 11.4 Å². The van der Waals surface area contributed by atoms with Gasteiger partial charge in [-0.3, -0.25) is 24.6 Å². The van der Waals surface area contributed by atoms with E-state index in [1.165, 1.54) is 24.3 Å². The molecular formula is C24H18ClN3O4. The molecule has 0 saturated carbocycles. The molecule has 0 atom stereocenters. The van der Waals surface area contributed by atoms with Crippen LogP contribution in [-0.2, 0) is 16.1 Å². The number of benzene rings is 3. The highest BCUT2D eigenvalue weighted by Crippen LogP contribution is 2.34. The van der Waals surface area contributed by atoms with Gasteiger partial charge in [0.2, 0.25) is 0 Å². The Morgan fingerprint density at radius 1 is 0.938 bits per heavy atom. The molecule has 1 heterocycles. The van der Waals surface area contributed by atoms with Crippen LogP contribution in [0.3, 0.4) is 0 Å². The zero-order chi connectivity index (χ0) is 22.8. The molecule has 2 amide bonds. The monoisotopic (exact) mass is 447 g/mol. The van der Waals surface area contributed by atoms with Crippen LogP contribution in [0.15, 0.2) is 78.5 Å². The lowest BCUT2D eigenvalue weighted by molar-refractivity contribution is -0.384. The van der Waals surface area contributed by atoms with Crippen LogP contribution in [0.2, 0.25) is 5.02 Å². The Labute approximate surface area is 189 Å². The number of rotatable bonds is 6. The molecule has 1 N–H and O–H groups in total. The molecular weight excluding hydrogens is 430 g/mol. The number of anilines is 1. The van der Waals surface area contributed by atoms with E-state index in [4.69, 9.17) is 11.6 Å². The van der Waals surface area contributed by atoms with E-state index < -0.39 is 16.7 Å². The van der Waals surface area contributed by atoms with Crippen molar-refractivity contribution in [3.8, 4) is 0 Å². The second-order valence-corrected chi connectivity index (χ2v) is 7.68. The van der Waals surface area contributed by atoms with Gasteiger partial charge in [0.25, 0.3) is 17.5 Å². The average Bonchev–Trinajstić information content (AvgIpc) is 3.02. The number of nitro groups is 1. The highest BCUT2D eigenvalue weighted by molar-refractivity contribution is 6.36. The molecule has 0 fully saturated rings. The van der Waals surface area contributed by atoms with Gasteiger partial charge in [-0.15, -0.1) is 0 Å². The lowest BCUT2D eigenvalue weighted by Crippen LogP contribution is -2.32. The fourth-order valence-corrected chi connectivity index (χ4v) is 3.67. The van der Waals surface area contributed by atoms with Crippen LogP contribution in [0.1, 0.15) is 16.7 Å². The Bertz CT molecular complexity index is 1250. The number of nitro benzene ring substituents is 1. The lowest BCUT2D eigenvalue weighted by Gasteiger charge is -2.16. The minimum Gasteiger partial charge on any atom is -0.350 e. The van der Waals surface area contributed by atoms with Crippen LogP contribution in [0.5, 0.6) is 0 Å². The van der Waals surface area contributed by atoms with Crippen molar-refractivity contribution in [2.24, 2.45) is 0 Å². The maximum Gasteiger partial charge on any atom is 0.278 e. The van der Waals surface area contributed by atoms with Gasteiger partial charge in [-0.2, -0.15) is 0 Å². The number of hydrogen-bond acceptors (Lipinski definition) is 5. The maximum absolute atomic E-state index is 13.3. The van der Waals surface area contributed by atoms with Gasteiger partial charge in [-0.1, -0.05) is 48.0 Å². The smallest absolute Gasteiger partial charge is 0.278 e. The molecule has 1 aliphatic heterocycles. The van der Waals surface area contributed by atoms with Crippen LogP contribution in [-0.4, -0.2) is 21.6 Å². The van der Waals surface area contributed by atoms with Crippen molar-refractivity contribution >= 4 is 40.4 Å². The number of halogens is 1. The zero-order valence-electron chi connectivity index (χ0n) is 17.0. The fraction of sp³-hybridized carbons (Fsp3) is 0.0833. The molecule has 0 bridgehead atoms. The quantitative estimate of drug-likeness (QED) is 0.328. The number of nitrogens with one attached hydrogen (secondary N) is 1. The van der Waals surface area contributed by atoms with Crippen LogP contribution in [0.25, 0.3) is 5.57 Å². The Kier molecular flexibility index (Phi) is 5.75. The SMILES string of the molecule is Cc1c(Cl)cccc1NC1=C(c2ccc([N+](=O)[O-])cc2)C(=O)N(Cc2ccccc2)C1=O. The third-order valence-corrected chi connectivity index (χ3v) is 5.66. The Morgan fingerprint density at radius 3 is 2.28 bits per heavy atom. The van der Waals surface area contributed by atoms with Gasteiger partial charge in [0.05, 0.1) is 17.0 Å². The molecule has 8 heteroatoms. The number of nitrogens with zero attached hydrogens (tertiary/aromatic N) is 2. The first kappa shape index (κ1) is 21.3. The zero-order valence-corrected chi connectivity index (χ0v) is 17.8. The topological polar surface area (TPSA) is 92.6 Å². The van der Waals surface area contributed by atoms with E-state index in [-0.39, 0.29) is 23.5 Å². The van der Waals surface area contributed by atoms with Gasteiger partial charge in [-0.05, 0) is 47.9 Å². The molecule has 7 nitrogen and oxygen atoms in total. The van der Waals surface area contributed by atoms with Crippen molar-refractivity contribution in [3.63, 3.8) is 0 Å². The van der Waals surface area contributed by atoms with Crippen LogP contribution < -0.4 is 5.32 Å². The van der Waals surface area contributed by atoms with Crippen molar-refractivity contribution in [1.29, 1.82) is 0 Å². The minimum atomic E-state index is -0.518. The molecule has 3 aromatic rings. The molecule has 0 aromatic heterocycles. The fourth-order valence-electron chi connectivity index (χ4n) is 3.50. The van der Waals surface area contributed by atoms with Gasteiger partial charge in [0, 0.05) is 22.8 Å². The predicted octanol–water partition coefficient (Wildman–Crippen LogP) is 4.95. The highest BCUT2D eigenvalue weighted by atomic mass is 35.5. The van der Waals surface area contributed by atoms with Crippen LogP contribution in [0, 0.1) is 17.0 Å². The summed E-state index contributed by atoms with van der Waals surface area (Å²) in [6.45, 7) is 1.91. The second-order valence-electron chi connectivity index (χ2n) is 7.27. The lowest BCUT2D eigenvalue weighted by atomic mass is 10.0. The molecule has 160 valence electrons. The maximum atomic E-state index is 13.3. The second kappa shape index (κ2) is 8.64. The predicted molar refractivity (Wildman–Crippen MR) is 122 cm³/mol. The largest absolute Gasteiger partial charge is 0.350 e. The number of non-ortho nitro benzene ring substituents is 1. The third kappa shape index (κ3) is 3.98. The van der Waals surface area contributed by atoms with Crippen LogP contribution >= 0.6 is 11.6 Å². The Morgan fingerprint density at radius 2 is 1.62 bits per heavy atom. The normalized spacial score (nSPS) is 13.6. The number of carbonyl (C=O) groups excluding carboxylic acids is 2. The third-order valence-electron chi connectivity index (χ3n) is 5.25. The van der Waals surface area contributed by atoms with Crippen molar-refractivity contribution in [2.75, 3.05) is 5.32 Å². The summed E-state index contributed by atoms with van der Waals surface area (Å²) in [5.41, 5.74) is 2.68. The van der Waals surface area contributed by atoms with Gasteiger partial charge in [0.15, 0.2) is 0 Å². The summed E-state index contributed by atoms with van der Waals surface area (Å²) in [7, 11) is 0. The molecule has 0 unspecified atom stereocenters. The number of imide groups is 1. The van der Waals surface area contributed by atoms with Crippen molar-refractivity contribution in [1.82, 2.24) is 4.90 Å². The summed E-state index contributed by atoms with van der Waals surface area (Å²) in [6.07, 6.45) is 0. The molecule has 32 heavy (non-hydrogen) atoms. The molecule has 3 aromatic carbocycles. The van der Waals surface area contributed by atoms with E-state index in [1.807, 2.05) is 30.3 Å². The molecule has 0 spiro atoms. The van der Waals surface area contributed by atoms with Crippen molar-refractivity contribution < 1.29 is 14.5 Å². The van der Waals surface area contributed by atoms with Gasteiger partial charge < -0.3 is 5.32 Å². The number of hydrogen-bond donors (Lipinski definition) is 1. The van der Waals surface area contributed by atoms with E-state index in [9.17, 15) is 19.7 Å². The summed E-state index contributed by atoms with van der Waals surface area (Å²) < 4.78 is 0. The van der Waals surface area contributed by atoms with Gasteiger partial charge >= 0.3 is 0 Å². The molecule has 4 rings (SSSR count). The standard InChI is InChI=1S/C24H18ClN3O4/c1-15-19(25)8-5-9-20(15)26-22-21(17-10-12-18(13-11-17)28(31)32)23(29)27(24(22)30)14-16-6-3-2-4-7-16/h2-13,26H,14H2,1H3. The molecule has 0 aliphatic carbocycles. The average molecular weight is 448 g/mol. The molecule has 0 saturated heterocycles. The van der Waals surface area contributed by atoms with E-state index >= 15 is 0 Å². The first-order valence-corrected chi connectivity index (χ1v) is 10.2. The number of carbonyl (C=O) groups is 2. The summed E-state index contributed by atoms with van der Waals surface area (Å²) in [6, 6.07) is 20.0. The van der Waals surface area contributed by atoms with Crippen molar-refractivity contribution in [2.45, 2.75) is 13.5 Å².